The molecule has 2 fully saturated rings. The van der Waals surface area contributed by atoms with Gasteiger partial charge in [-0.1, -0.05) is 25.3 Å². The first-order valence-electron chi connectivity index (χ1n) is 9.69. The number of amides is 3. The largest absolute Gasteiger partial charge is 0.507 e. The van der Waals surface area contributed by atoms with Gasteiger partial charge < -0.3 is 20.6 Å². The highest BCUT2D eigenvalue weighted by Gasteiger charge is 2.26. The second kappa shape index (κ2) is 8.43. The van der Waals surface area contributed by atoms with Crippen LogP contribution in [0.5, 0.6) is 5.75 Å². The van der Waals surface area contributed by atoms with Gasteiger partial charge in [0.15, 0.2) is 0 Å². The van der Waals surface area contributed by atoms with Crippen LogP contribution in [0.25, 0.3) is 0 Å². The Hall–Kier alpha value is -2.24. The van der Waals surface area contributed by atoms with Gasteiger partial charge in [-0.3, -0.25) is 4.79 Å². The Balaban J connectivity index is 1.46. The van der Waals surface area contributed by atoms with Gasteiger partial charge in [0, 0.05) is 25.2 Å². The number of piperidine rings is 1. The van der Waals surface area contributed by atoms with Crippen molar-refractivity contribution in [2.75, 3.05) is 13.1 Å². The van der Waals surface area contributed by atoms with E-state index in [4.69, 9.17) is 0 Å². The number of nitrogens with one attached hydrogen (secondary N) is 2. The molecule has 0 spiro atoms. The molecule has 142 valence electrons. The zero-order valence-electron chi connectivity index (χ0n) is 15.5. The van der Waals surface area contributed by atoms with Crippen LogP contribution >= 0.6 is 0 Å². The van der Waals surface area contributed by atoms with Crippen molar-refractivity contribution in [3.05, 3.63) is 29.3 Å². The quantitative estimate of drug-likeness (QED) is 0.776. The van der Waals surface area contributed by atoms with Gasteiger partial charge in [0.05, 0.1) is 5.56 Å². The first-order valence-corrected chi connectivity index (χ1v) is 9.69. The number of carbonyl (C=O) groups excluding carboxylic acids is 2. The fraction of sp³-hybridized carbons (Fsp3) is 0.600. The average molecular weight is 359 g/mol. The zero-order chi connectivity index (χ0) is 18.5. The van der Waals surface area contributed by atoms with Crippen LogP contribution in [-0.2, 0) is 0 Å². The summed E-state index contributed by atoms with van der Waals surface area (Å²) in [7, 11) is 0. The molecule has 2 aliphatic rings. The molecule has 3 amide bonds. The zero-order valence-corrected chi connectivity index (χ0v) is 15.5. The van der Waals surface area contributed by atoms with Gasteiger partial charge >= 0.3 is 6.03 Å². The Kier molecular flexibility index (Phi) is 6.01. The molecule has 26 heavy (non-hydrogen) atoms. The highest BCUT2D eigenvalue weighted by molar-refractivity contribution is 5.97. The molecule has 0 bridgehead atoms. The number of rotatable bonds is 3. The lowest BCUT2D eigenvalue weighted by molar-refractivity contribution is 0.0705. The Morgan fingerprint density at radius 3 is 2.23 bits per heavy atom. The minimum atomic E-state index is -0.146. The lowest BCUT2D eigenvalue weighted by Crippen LogP contribution is -2.51. The number of aryl methyl sites for hydroxylation is 1. The first kappa shape index (κ1) is 18.5. The molecule has 1 saturated heterocycles. The average Bonchev–Trinajstić information content (AvgIpc) is 2.62. The summed E-state index contributed by atoms with van der Waals surface area (Å²) in [5.74, 6) is -0.116. The summed E-state index contributed by atoms with van der Waals surface area (Å²) in [5, 5.41) is 16.1. The predicted octanol–water partition coefficient (Wildman–Crippen LogP) is 2.94. The van der Waals surface area contributed by atoms with E-state index < -0.39 is 0 Å². The molecule has 0 atom stereocenters. The predicted molar refractivity (Wildman–Crippen MR) is 100 cm³/mol. The van der Waals surface area contributed by atoms with Gasteiger partial charge in [-0.05, 0) is 50.3 Å². The van der Waals surface area contributed by atoms with Crippen LogP contribution in [0.2, 0.25) is 0 Å². The van der Waals surface area contributed by atoms with Crippen LogP contribution in [0.4, 0.5) is 4.79 Å². The number of nitrogens with zero attached hydrogens (tertiary/aromatic N) is 1. The van der Waals surface area contributed by atoms with Crippen LogP contribution in [0.15, 0.2) is 18.2 Å². The molecule has 3 rings (SSSR count). The molecular weight excluding hydrogens is 330 g/mol. The smallest absolute Gasteiger partial charge is 0.315 e. The number of benzene rings is 1. The number of hydrogen-bond donors (Lipinski definition) is 3. The van der Waals surface area contributed by atoms with E-state index >= 15 is 0 Å². The van der Waals surface area contributed by atoms with E-state index in [-0.39, 0.29) is 23.7 Å². The van der Waals surface area contributed by atoms with Crippen molar-refractivity contribution in [1.82, 2.24) is 15.5 Å². The van der Waals surface area contributed by atoms with Crippen LogP contribution < -0.4 is 10.6 Å². The molecule has 0 unspecified atom stereocenters. The van der Waals surface area contributed by atoms with Crippen molar-refractivity contribution in [2.24, 2.45) is 0 Å². The summed E-state index contributed by atoms with van der Waals surface area (Å²) < 4.78 is 0. The van der Waals surface area contributed by atoms with E-state index in [0.29, 0.717) is 24.7 Å². The minimum Gasteiger partial charge on any atom is -0.507 e. The monoisotopic (exact) mass is 359 g/mol. The van der Waals surface area contributed by atoms with Gasteiger partial charge in [-0.15, -0.1) is 0 Å². The molecule has 1 aromatic rings. The number of likely N-dealkylation sites (tertiary alicyclic amines) is 1. The molecule has 0 radical (unpaired) electrons. The van der Waals surface area contributed by atoms with Gasteiger partial charge in [-0.2, -0.15) is 0 Å². The molecule has 1 aliphatic carbocycles. The van der Waals surface area contributed by atoms with Gasteiger partial charge in [-0.25, -0.2) is 4.79 Å². The molecular formula is C20H29N3O3. The SMILES string of the molecule is Cc1ccc(C(=O)N2CCC(NC(=O)NC3CCCCC3)CC2)c(O)c1. The molecule has 3 N–H and O–H groups in total. The maximum absolute atomic E-state index is 12.6. The molecule has 1 aliphatic heterocycles. The van der Waals surface area contributed by atoms with E-state index in [1.807, 2.05) is 13.0 Å². The third kappa shape index (κ3) is 4.68. The summed E-state index contributed by atoms with van der Waals surface area (Å²) in [6.45, 7) is 3.05. The third-order valence-electron chi connectivity index (χ3n) is 5.44. The maximum atomic E-state index is 12.6. The number of phenols is 1. The summed E-state index contributed by atoms with van der Waals surface area (Å²) in [6.07, 6.45) is 7.26. The second-order valence-corrected chi connectivity index (χ2v) is 7.54. The highest BCUT2D eigenvalue weighted by atomic mass is 16.3. The van der Waals surface area contributed by atoms with Crippen LogP contribution in [-0.4, -0.2) is 47.1 Å². The molecule has 1 saturated carbocycles. The molecule has 1 aromatic carbocycles. The van der Waals surface area contributed by atoms with Crippen molar-refractivity contribution in [3.8, 4) is 5.75 Å². The third-order valence-corrected chi connectivity index (χ3v) is 5.44. The van der Waals surface area contributed by atoms with Gasteiger partial charge in [0.1, 0.15) is 5.75 Å². The number of phenolic OH excluding ortho intramolecular Hbond substituents is 1. The van der Waals surface area contributed by atoms with E-state index in [9.17, 15) is 14.7 Å². The van der Waals surface area contributed by atoms with Crippen LogP contribution in [0, 0.1) is 6.92 Å². The van der Waals surface area contributed by atoms with Gasteiger partial charge in [0.2, 0.25) is 0 Å². The maximum Gasteiger partial charge on any atom is 0.315 e. The van der Waals surface area contributed by atoms with Crippen molar-refractivity contribution in [2.45, 2.75) is 64.0 Å². The van der Waals surface area contributed by atoms with E-state index in [0.717, 1.165) is 31.2 Å². The summed E-state index contributed by atoms with van der Waals surface area (Å²) in [6, 6.07) is 5.42. The van der Waals surface area contributed by atoms with Crippen LogP contribution in [0.1, 0.15) is 60.9 Å². The Labute approximate surface area is 155 Å². The van der Waals surface area contributed by atoms with Crippen molar-refractivity contribution in [3.63, 3.8) is 0 Å². The second-order valence-electron chi connectivity index (χ2n) is 7.54. The standard InChI is InChI=1S/C20H29N3O3/c1-14-7-8-17(18(24)13-14)19(25)23-11-9-16(10-12-23)22-20(26)21-15-5-3-2-4-6-15/h7-8,13,15-16,24H,2-6,9-12H2,1H3,(H2,21,22,26). The molecule has 0 aromatic heterocycles. The van der Waals surface area contributed by atoms with E-state index in [2.05, 4.69) is 10.6 Å². The molecule has 1 heterocycles. The fourth-order valence-electron chi connectivity index (χ4n) is 3.88. The van der Waals surface area contributed by atoms with E-state index in [1.54, 1.807) is 17.0 Å². The first-order chi connectivity index (χ1) is 12.5. The Morgan fingerprint density at radius 2 is 1.62 bits per heavy atom. The Morgan fingerprint density at radius 1 is 1.00 bits per heavy atom. The lowest BCUT2D eigenvalue weighted by atomic mass is 9.96. The van der Waals surface area contributed by atoms with Crippen molar-refractivity contribution < 1.29 is 14.7 Å². The summed E-state index contributed by atoms with van der Waals surface area (Å²) in [4.78, 5) is 26.5. The fourth-order valence-corrected chi connectivity index (χ4v) is 3.88. The normalized spacial score (nSPS) is 19.2. The molecule has 6 nitrogen and oxygen atoms in total. The minimum absolute atomic E-state index is 0.0297. The summed E-state index contributed by atoms with van der Waals surface area (Å²) >= 11 is 0. The van der Waals surface area contributed by atoms with Crippen molar-refractivity contribution >= 4 is 11.9 Å². The number of hydrogen-bond acceptors (Lipinski definition) is 3. The lowest BCUT2D eigenvalue weighted by Gasteiger charge is -2.33. The summed E-state index contributed by atoms with van der Waals surface area (Å²) in [5.41, 5.74) is 1.27. The van der Waals surface area contributed by atoms with Gasteiger partial charge in [0.25, 0.3) is 5.91 Å². The number of carbonyl (C=O) groups is 2. The van der Waals surface area contributed by atoms with E-state index in [1.165, 1.54) is 19.3 Å². The number of urea groups is 1. The van der Waals surface area contributed by atoms with Crippen molar-refractivity contribution in [1.29, 1.82) is 0 Å². The highest BCUT2D eigenvalue weighted by Crippen LogP contribution is 2.22. The topological polar surface area (TPSA) is 81.7 Å². The Bertz CT molecular complexity index is 648. The number of aromatic hydroxyl groups is 1. The molecule has 6 heteroatoms. The van der Waals surface area contributed by atoms with Crippen LogP contribution in [0.3, 0.4) is 0 Å².